The number of allylic oxidation sites excluding steroid dienone is 5. The maximum Gasteiger partial charge on any atom is 0.0542 e. The van der Waals surface area contributed by atoms with Crippen LogP contribution in [0.15, 0.2) is 128 Å². The zero-order valence-corrected chi connectivity index (χ0v) is 19.6. The van der Waals surface area contributed by atoms with Gasteiger partial charge in [0.2, 0.25) is 0 Å². The monoisotopic (exact) mass is 440 g/mol. The van der Waals surface area contributed by atoms with E-state index in [-0.39, 0.29) is 0 Å². The fraction of sp³-hybridized carbons (Fsp3) is 0.0625. The van der Waals surface area contributed by atoms with Crippen LogP contribution in [0.5, 0.6) is 0 Å². The van der Waals surface area contributed by atoms with Crippen LogP contribution in [0.2, 0.25) is 0 Å². The summed E-state index contributed by atoms with van der Waals surface area (Å²) in [5, 5.41) is 2.45. The molecule has 0 aliphatic carbocycles. The van der Waals surface area contributed by atoms with Crippen molar-refractivity contribution in [1.29, 1.82) is 0 Å². The fourth-order valence-corrected chi connectivity index (χ4v) is 4.67. The molecule has 166 valence electrons. The fourth-order valence-electron chi connectivity index (χ4n) is 4.67. The Balaban J connectivity index is 1.79. The lowest BCUT2D eigenvalue weighted by Crippen LogP contribution is -2.08. The number of hydrogen-bond acceptors (Lipinski definition) is 1. The molecule has 4 aromatic carbocycles. The molecule has 1 heterocycles. The molecule has 2 heteroatoms. The zero-order valence-electron chi connectivity index (χ0n) is 19.6. The van der Waals surface area contributed by atoms with Crippen molar-refractivity contribution in [2.45, 2.75) is 6.92 Å². The van der Waals surface area contributed by atoms with Gasteiger partial charge in [-0.25, -0.2) is 0 Å². The first kappa shape index (κ1) is 21.5. The SMILES string of the molecule is C=C/C(=C(\C=C/C)c1ccccc1)n1c2ccccc2c2cc(N(C)c3ccccc3)ccc21. The molecular weight excluding hydrogens is 412 g/mol. The molecule has 0 saturated carbocycles. The minimum absolute atomic E-state index is 1.07. The van der Waals surface area contributed by atoms with Gasteiger partial charge in [-0.15, -0.1) is 0 Å². The molecule has 0 fully saturated rings. The maximum absolute atomic E-state index is 4.22. The lowest BCUT2D eigenvalue weighted by atomic mass is 10.0. The second kappa shape index (κ2) is 9.29. The average molecular weight is 441 g/mol. The predicted octanol–water partition coefficient (Wildman–Crippen LogP) is 8.69. The standard InChI is InChI=1S/C32H28N2/c1-4-14-27(24-15-8-6-9-16-24)30(5-2)34-31-20-13-12-19-28(31)29-23-26(21-22-32(29)34)33(3)25-17-10-7-11-18-25/h4-23H,2H2,1,3H3/b14-4-,30-27-. The molecule has 5 rings (SSSR count). The number of benzene rings is 4. The Hall–Kier alpha value is -4.30. The predicted molar refractivity (Wildman–Crippen MR) is 149 cm³/mol. The Labute approximate surface area is 201 Å². The minimum atomic E-state index is 1.07. The van der Waals surface area contributed by atoms with E-state index >= 15 is 0 Å². The summed E-state index contributed by atoms with van der Waals surface area (Å²) in [6.07, 6.45) is 6.23. The summed E-state index contributed by atoms with van der Waals surface area (Å²) in [7, 11) is 2.12. The van der Waals surface area contributed by atoms with Gasteiger partial charge in [-0.05, 0) is 55.0 Å². The Morgan fingerprint density at radius 2 is 1.38 bits per heavy atom. The van der Waals surface area contributed by atoms with E-state index in [9.17, 15) is 0 Å². The van der Waals surface area contributed by atoms with E-state index in [1.807, 2.05) is 12.1 Å². The van der Waals surface area contributed by atoms with E-state index in [1.54, 1.807) is 0 Å². The van der Waals surface area contributed by atoms with Crippen molar-refractivity contribution in [2.75, 3.05) is 11.9 Å². The van der Waals surface area contributed by atoms with Crippen LogP contribution in [-0.4, -0.2) is 11.6 Å². The summed E-state index contributed by atoms with van der Waals surface area (Å²) in [4.78, 5) is 2.23. The van der Waals surface area contributed by atoms with E-state index in [4.69, 9.17) is 0 Å². The zero-order chi connectivity index (χ0) is 23.5. The van der Waals surface area contributed by atoms with E-state index in [0.29, 0.717) is 0 Å². The highest BCUT2D eigenvalue weighted by molar-refractivity contribution is 6.13. The molecule has 0 aliphatic heterocycles. The molecule has 5 aromatic rings. The molecule has 0 atom stereocenters. The molecule has 0 unspecified atom stereocenters. The third kappa shape index (κ3) is 3.74. The van der Waals surface area contributed by atoms with Gasteiger partial charge in [0.25, 0.3) is 0 Å². The molecule has 0 N–H and O–H groups in total. The molecule has 1 aromatic heterocycles. The van der Waals surface area contributed by atoms with Crippen LogP contribution in [0.25, 0.3) is 33.1 Å². The van der Waals surface area contributed by atoms with Crippen molar-refractivity contribution in [3.63, 3.8) is 0 Å². The molecule has 0 saturated heterocycles. The number of aromatic nitrogens is 1. The molecule has 34 heavy (non-hydrogen) atoms. The van der Waals surface area contributed by atoms with Crippen LogP contribution < -0.4 is 4.90 Å². The second-order valence-corrected chi connectivity index (χ2v) is 8.32. The Bertz CT molecular complexity index is 1520. The van der Waals surface area contributed by atoms with Crippen LogP contribution in [0, 0.1) is 0 Å². The Kier molecular flexibility index (Phi) is 5.88. The Morgan fingerprint density at radius 1 is 0.735 bits per heavy atom. The number of fused-ring (bicyclic) bond motifs is 3. The first-order valence-corrected chi connectivity index (χ1v) is 11.6. The first-order chi connectivity index (χ1) is 16.7. The molecule has 0 radical (unpaired) electrons. The largest absolute Gasteiger partial charge is 0.345 e. The lowest BCUT2D eigenvalue weighted by Gasteiger charge is -2.20. The number of nitrogens with zero attached hydrogens (tertiary/aromatic N) is 2. The summed E-state index contributed by atoms with van der Waals surface area (Å²) in [6, 6.07) is 36.3. The average Bonchev–Trinajstić information content (AvgIpc) is 3.23. The highest BCUT2D eigenvalue weighted by Gasteiger charge is 2.16. The molecule has 0 aliphatic rings. The Morgan fingerprint density at radius 3 is 2.09 bits per heavy atom. The van der Waals surface area contributed by atoms with Gasteiger partial charge in [0.1, 0.15) is 0 Å². The van der Waals surface area contributed by atoms with Crippen LogP contribution in [0.4, 0.5) is 11.4 Å². The normalized spacial score (nSPS) is 12.3. The van der Waals surface area contributed by atoms with Crippen molar-refractivity contribution in [3.8, 4) is 0 Å². The molecule has 0 bridgehead atoms. The van der Waals surface area contributed by atoms with Gasteiger partial charge in [-0.1, -0.05) is 85.5 Å². The first-order valence-electron chi connectivity index (χ1n) is 11.6. The summed E-state index contributed by atoms with van der Waals surface area (Å²) in [5.74, 6) is 0. The minimum Gasteiger partial charge on any atom is -0.345 e. The summed E-state index contributed by atoms with van der Waals surface area (Å²) in [5.41, 5.74) is 8.04. The third-order valence-corrected chi connectivity index (χ3v) is 6.32. The van der Waals surface area contributed by atoms with Crippen LogP contribution >= 0.6 is 0 Å². The smallest absolute Gasteiger partial charge is 0.0542 e. The third-order valence-electron chi connectivity index (χ3n) is 6.32. The lowest BCUT2D eigenvalue weighted by molar-refractivity contribution is 1.21. The quantitative estimate of drug-likeness (QED) is 0.240. The van der Waals surface area contributed by atoms with E-state index < -0.39 is 0 Å². The topological polar surface area (TPSA) is 8.17 Å². The van der Waals surface area contributed by atoms with Crippen molar-refractivity contribution < 1.29 is 0 Å². The van der Waals surface area contributed by atoms with Crippen LogP contribution in [-0.2, 0) is 0 Å². The number of para-hydroxylation sites is 2. The molecule has 0 amide bonds. The second-order valence-electron chi connectivity index (χ2n) is 8.32. The highest BCUT2D eigenvalue weighted by atomic mass is 15.1. The summed E-state index contributed by atoms with van der Waals surface area (Å²) < 4.78 is 2.34. The van der Waals surface area contributed by atoms with Crippen molar-refractivity contribution in [1.82, 2.24) is 4.57 Å². The summed E-state index contributed by atoms with van der Waals surface area (Å²) >= 11 is 0. The van der Waals surface area contributed by atoms with Gasteiger partial charge in [-0.3, -0.25) is 0 Å². The van der Waals surface area contributed by atoms with Gasteiger partial charge in [0.05, 0.1) is 16.7 Å². The van der Waals surface area contributed by atoms with Crippen molar-refractivity contribution >= 4 is 44.5 Å². The van der Waals surface area contributed by atoms with E-state index in [1.165, 1.54) is 27.4 Å². The summed E-state index contributed by atoms with van der Waals surface area (Å²) in [6.45, 7) is 6.28. The van der Waals surface area contributed by atoms with Crippen LogP contribution in [0.3, 0.4) is 0 Å². The van der Waals surface area contributed by atoms with E-state index in [2.05, 4.69) is 139 Å². The molecule has 0 spiro atoms. The van der Waals surface area contributed by atoms with E-state index in [0.717, 1.165) is 22.6 Å². The molecular formula is C32H28N2. The van der Waals surface area contributed by atoms with Crippen molar-refractivity contribution in [2.24, 2.45) is 0 Å². The number of anilines is 2. The van der Waals surface area contributed by atoms with Gasteiger partial charge >= 0.3 is 0 Å². The highest BCUT2D eigenvalue weighted by Crippen LogP contribution is 2.37. The van der Waals surface area contributed by atoms with Gasteiger partial charge in [0, 0.05) is 34.8 Å². The number of hydrogen-bond donors (Lipinski definition) is 0. The van der Waals surface area contributed by atoms with Gasteiger partial charge in [0.15, 0.2) is 0 Å². The van der Waals surface area contributed by atoms with Gasteiger partial charge in [-0.2, -0.15) is 0 Å². The van der Waals surface area contributed by atoms with Crippen molar-refractivity contribution in [3.05, 3.63) is 133 Å². The van der Waals surface area contributed by atoms with Gasteiger partial charge < -0.3 is 9.47 Å². The number of rotatable bonds is 6. The molecule has 2 nitrogen and oxygen atoms in total. The van der Waals surface area contributed by atoms with Crippen LogP contribution in [0.1, 0.15) is 12.5 Å². The maximum atomic E-state index is 4.22.